The van der Waals surface area contributed by atoms with Crippen molar-refractivity contribution >= 4 is 0 Å². The third-order valence-corrected chi connectivity index (χ3v) is 4.96. The largest absolute Gasteiger partial charge is 0.323 e. The number of nitrogens with zero attached hydrogens (tertiary/aromatic N) is 1. The molecule has 0 spiro atoms. The zero-order valence-corrected chi connectivity index (χ0v) is 11.5. The summed E-state index contributed by atoms with van der Waals surface area (Å²) in [5, 5.41) is 0. The van der Waals surface area contributed by atoms with Crippen molar-refractivity contribution in [2.45, 2.75) is 63.7 Å². The van der Waals surface area contributed by atoms with Gasteiger partial charge in [0.05, 0.1) is 0 Å². The van der Waals surface area contributed by atoms with Crippen molar-refractivity contribution in [3.63, 3.8) is 0 Å². The molecule has 2 nitrogen and oxygen atoms in total. The highest BCUT2D eigenvalue weighted by Crippen LogP contribution is 2.38. The Labute approximate surface area is 110 Å². The summed E-state index contributed by atoms with van der Waals surface area (Å²) in [5.74, 6) is 0. The molecule has 0 saturated carbocycles. The number of hydrogen-bond acceptors (Lipinski definition) is 2. The lowest BCUT2D eigenvalue weighted by molar-refractivity contribution is 0.121. The van der Waals surface area contributed by atoms with Crippen LogP contribution in [0.5, 0.6) is 0 Å². The molecule has 18 heavy (non-hydrogen) atoms. The van der Waals surface area contributed by atoms with Crippen LogP contribution in [-0.2, 0) is 6.42 Å². The van der Waals surface area contributed by atoms with Crippen LogP contribution in [0.2, 0.25) is 0 Å². The maximum Gasteiger partial charge on any atom is 0.0459 e. The van der Waals surface area contributed by atoms with Crippen molar-refractivity contribution in [2.24, 2.45) is 5.73 Å². The van der Waals surface area contributed by atoms with Gasteiger partial charge in [0.25, 0.3) is 0 Å². The van der Waals surface area contributed by atoms with Crippen molar-refractivity contribution in [3.05, 3.63) is 35.4 Å². The monoisotopic (exact) mass is 244 g/mol. The molecule has 4 unspecified atom stereocenters. The Kier molecular flexibility index (Phi) is 3.16. The molecule has 3 rings (SSSR count). The first-order valence-electron chi connectivity index (χ1n) is 7.33. The molecular formula is C16H24N2. The van der Waals surface area contributed by atoms with E-state index >= 15 is 0 Å². The molecule has 1 fully saturated rings. The summed E-state index contributed by atoms with van der Waals surface area (Å²) in [6.45, 7) is 4.68. The molecule has 0 aromatic heterocycles. The van der Waals surface area contributed by atoms with Crippen LogP contribution in [0.15, 0.2) is 24.3 Å². The maximum absolute atomic E-state index is 6.51. The van der Waals surface area contributed by atoms with Crippen LogP contribution < -0.4 is 5.73 Å². The van der Waals surface area contributed by atoms with Crippen molar-refractivity contribution < 1.29 is 0 Å². The summed E-state index contributed by atoms with van der Waals surface area (Å²) in [4.78, 5) is 2.71. The van der Waals surface area contributed by atoms with Crippen LogP contribution in [0, 0.1) is 0 Å². The lowest BCUT2D eigenvalue weighted by atomic mass is 10.0. The van der Waals surface area contributed by atoms with Crippen LogP contribution in [0.1, 0.15) is 50.3 Å². The predicted octanol–water partition coefficient (Wildman–Crippen LogP) is 2.87. The van der Waals surface area contributed by atoms with E-state index in [-0.39, 0.29) is 6.04 Å². The Morgan fingerprint density at radius 1 is 1.28 bits per heavy atom. The second-order valence-electron chi connectivity index (χ2n) is 5.93. The van der Waals surface area contributed by atoms with Gasteiger partial charge < -0.3 is 5.73 Å². The first-order chi connectivity index (χ1) is 8.72. The molecule has 1 aliphatic carbocycles. The van der Waals surface area contributed by atoms with E-state index in [4.69, 9.17) is 5.73 Å². The zero-order valence-electron chi connectivity index (χ0n) is 11.5. The normalized spacial score (nSPS) is 35.9. The highest BCUT2D eigenvalue weighted by molar-refractivity contribution is 5.37. The SMILES string of the molecule is CCC1CCC(C)N1C1Cc2ccccc2C1N. The van der Waals surface area contributed by atoms with Crippen LogP contribution in [0.25, 0.3) is 0 Å². The fourth-order valence-electron chi connectivity index (χ4n) is 4.00. The number of rotatable bonds is 2. The van der Waals surface area contributed by atoms with E-state index in [9.17, 15) is 0 Å². The predicted molar refractivity (Wildman–Crippen MR) is 75.5 cm³/mol. The minimum Gasteiger partial charge on any atom is -0.323 e. The van der Waals surface area contributed by atoms with Gasteiger partial charge in [0, 0.05) is 24.2 Å². The average molecular weight is 244 g/mol. The summed E-state index contributed by atoms with van der Waals surface area (Å²) < 4.78 is 0. The third-order valence-electron chi connectivity index (χ3n) is 4.96. The van der Waals surface area contributed by atoms with E-state index in [1.165, 1.54) is 30.4 Å². The van der Waals surface area contributed by atoms with Gasteiger partial charge in [-0.25, -0.2) is 0 Å². The molecule has 0 radical (unpaired) electrons. The van der Waals surface area contributed by atoms with Crippen LogP contribution in [0.4, 0.5) is 0 Å². The fraction of sp³-hybridized carbons (Fsp3) is 0.625. The van der Waals surface area contributed by atoms with E-state index < -0.39 is 0 Å². The maximum atomic E-state index is 6.51. The van der Waals surface area contributed by atoms with Crippen molar-refractivity contribution in [1.82, 2.24) is 4.90 Å². The van der Waals surface area contributed by atoms with Crippen molar-refractivity contribution in [1.29, 1.82) is 0 Å². The lowest BCUT2D eigenvalue weighted by Gasteiger charge is -2.36. The van der Waals surface area contributed by atoms with Crippen LogP contribution in [0.3, 0.4) is 0 Å². The number of likely N-dealkylation sites (tertiary alicyclic amines) is 1. The quantitative estimate of drug-likeness (QED) is 0.867. The topological polar surface area (TPSA) is 29.3 Å². The molecule has 2 aliphatic rings. The van der Waals surface area contributed by atoms with E-state index in [0.717, 1.165) is 12.5 Å². The van der Waals surface area contributed by atoms with E-state index in [1.807, 2.05) is 0 Å². The van der Waals surface area contributed by atoms with Gasteiger partial charge in [-0.05, 0) is 43.7 Å². The van der Waals surface area contributed by atoms with Crippen molar-refractivity contribution in [2.75, 3.05) is 0 Å². The summed E-state index contributed by atoms with van der Waals surface area (Å²) in [6.07, 6.45) is 5.07. The van der Waals surface area contributed by atoms with Gasteiger partial charge in [-0.2, -0.15) is 0 Å². The summed E-state index contributed by atoms with van der Waals surface area (Å²) >= 11 is 0. The van der Waals surface area contributed by atoms with Gasteiger partial charge in [-0.1, -0.05) is 31.2 Å². The third kappa shape index (κ3) is 1.79. The molecule has 1 aromatic rings. The van der Waals surface area contributed by atoms with E-state index in [2.05, 4.69) is 43.0 Å². The Balaban J connectivity index is 1.87. The molecule has 98 valence electrons. The molecule has 0 amide bonds. The molecule has 4 atom stereocenters. The van der Waals surface area contributed by atoms with E-state index in [1.54, 1.807) is 0 Å². The number of nitrogens with two attached hydrogens (primary N) is 1. The minimum atomic E-state index is 0.204. The number of benzene rings is 1. The second-order valence-corrected chi connectivity index (χ2v) is 5.93. The number of hydrogen-bond donors (Lipinski definition) is 1. The van der Waals surface area contributed by atoms with Gasteiger partial charge in [-0.15, -0.1) is 0 Å². The first kappa shape index (κ1) is 12.2. The van der Waals surface area contributed by atoms with Gasteiger partial charge in [0.15, 0.2) is 0 Å². The molecule has 0 bridgehead atoms. The molecule has 1 aromatic carbocycles. The van der Waals surface area contributed by atoms with Gasteiger partial charge in [0.1, 0.15) is 0 Å². The molecule has 1 saturated heterocycles. The minimum absolute atomic E-state index is 0.204. The van der Waals surface area contributed by atoms with Gasteiger partial charge in [0.2, 0.25) is 0 Å². The van der Waals surface area contributed by atoms with Gasteiger partial charge in [-0.3, -0.25) is 4.90 Å². The van der Waals surface area contributed by atoms with Gasteiger partial charge >= 0.3 is 0 Å². The zero-order chi connectivity index (χ0) is 12.7. The lowest BCUT2D eigenvalue weighted by Crippen LogP contribution is -2.47. The molecule has 2 N–H and O–H groups in total. The standard InChI is InChI=1S/C16H24N2/c1-3-13-9-8-11(2)18(13)15-10-12-6-4-5-7-14(12)16(15)17/h4-7,11,13,15-16H,3,8-10,17H2,1-2H3. The Bertz CT molecular complexity index is 429. The number of fused-ring (bicyclic) bond motifs is 1. The molecule has 2 heteroatoms. The molecule has 1 aliphatic heterocycles. The van der Waals surface area contributed by atoms with E-state index in [0.29, 0.717) is 12.1 Å². The fourth-order valence-corrected chi connectivity index (χ4v) is 4.00. The van der Waals surface area contributed by atoms with Crippen LogP contribution in [-0.4, -0.2) is 23.0 Å². The van der Waals surface area contributed by atoms with Crippen molar-refractivity contribution in [3.8, 4) is 0 Å². The Morgan fingerprint density at radius 3 is 2.78 bits per heavy atom. The summed E-state index contributed by atoms with van der Waals surface area (Å²) in [7, 11) is 0. The summed E-state index contributed by atoms with van der Waals surface area (Å²) in [6, 6.07) is 10.9. The van der Waals surface area contributed by atoms with Crippen LogP contribution >= 0.6 is 0 Å². The first-order valence-corrected chi connectivity index (χ1v) is 7.33. The Morgan fingerprint density at radius 2 is 2.06 bits per heavy atom. The Hall–Kier alpha value is -0.860. The second kappa shape index (κ2) is 4.67. The average Bonchev–Trinajstić information content (AvgIpc) is 2.91. The molecular weight excluding hydrogens is 220 g/mol. The molecule has 1 heterocycles. The smallest absolute Gasteiger partial charge is 0.0459 e. The highest BCUT2D eigenvalue weighted by atomic mass is 15.2. The highest BCUT2D eigenvalue weighted by Gasteiger charge is 2.41. The summed E-state index contributed by atoms with van der Waals surface area (Å²) in [5.41, 5.74) is 9.34.